The van der Waals surface area contributed by atoms with Crippen molar-refractivity contribution in [2.45, 2.75) is 25.3 Å². The highest BCUT2D eigenvalue weighted by molar-refractivity contribution is 5.85. The van der Waals surface area contributed by atoms with Crippen LogP contribution in [0.5, 0.6) is 0 Å². The molecule has 6 heteroatoms. The lowest BCUT2D eigenvalue weighted by Gasteiger charge is -2.13. The zero-order valence-electron chi connectivity index (χ0n) is 14.9. The summed E-state index contributed by atoms with van der Waals surface area (Å²) in [6.07, 6.45) is -1.04. The molecule has 1 rings (SSSR count). The highest BCUT2D eigenvalue weighted by Crippen LogP contribution is 2.02. The Morgan fingerprint density at radius 3 is 2.47 bits per heavy atom. The van der Waals surface area contributed by atoms with Gasteiger partial charge in [-0.05, 0) is 12.0 Å². The molecule has 0 aliphatic rings. The largest absolute Gasteiger partial charge is 0.480 e. The molecular formula is C13H16N2O4. The molecule has 2 amide bonds. The molecule has 0 unspecified atom stereocenters. The summed E-state index contributed by atoms with van der Waals surface area (Å²) in [7, 11) is 0. The van der Waals surface area contributed by atoms with Gasteiger partial charge in [-0.3, -0.25) is 9.59 Å². The van der Waals surface area contributed by atoms with Crippen LogP contribution in [-0.2, 0) is 20.8 Å². The number of primary amides is 1. The second kappa shape index (κ2) is 7.15. The number of benzene rings is 1. The van der Waals surface area contributed by atoms with Crippen LogP contribution in [0.4, 0.5) is 0 Å². The van der Waals surface area contributed by atoms with Crippen LogP contribution in [0.15, 0.2) is 30.2 Å². The highest BCUT2D eigenvalue weighted by Gasteiger charge is 2.20. The van der Waals surface area contributed by atoms with Crippen molar-refractivity contribution in [2.24, 2.45) is 5.73 Å². The van der Waals surface area contributed by atoms with Crippen molar-refractivity contribution in [2.75, 3.05) is 0 Å². The standard InChI is InChI=1S/C13H16N2O4/c14-11(16)7-6-10(13(18)19)15-12(17)8-9-4-2-1-3-5-9/h1-5,10H,6-8H2,(H2,14,16)(H,15,17)(H,18,19)/t10-/m0/s1/i1D,2D,3D,4D,5D. The molecule has 0 saturated heterocycles. The van der Waals surface area contributed by atoms with Crippen LogP contribution >= 0.6 is 0 Å². The van der Waals surface area contributed by atoms with E-state index in [4.69, 9.17) is 17.7 Å². The summed E-state index contributed by atoms with van der Waals surface area (Å²) < 4.78 is 37.9. The van der Waals surface area contributed by atoms with Gasteiger partial charge in [0.25, 0.3) is 0 Å². The van der Waals surface area contributed by atoms with Crippen LogP contribution in [0, 0.1) is 0 Å². The van der Waals surface area contributed by atoms with Gasteiger partial charge in [-0.2, -0.15) is 0 Å². The smallest absolute Gasteiger partial charge is 0.326 e. The molecule has 102 valence electrons. The van der Waals surface area contributed by atoms with E-state index in [1.165, 1.54) is 0 Å². The Bertz CT molecular complexity index is 666. The molecular weight excluding hydrogens is 248 g/mol. The SMILES string of the molecule is [2H]c1c([2H])c([2H])c(CC(=O)N[C@@H](CCC(N)=O)C(=O)O)c([2H])c1[2H]. The average molecular weight is 269 g/mol. The van der Waals surface area contributed by atoms with Crippen LogP contribution in [0.2, 0.25) is 0 Å². The first-order chi connectivity index (χ1) is 11.1. The van der Waals surface area contributed by atoms with Crippen LogP contribution in [0.1, 0.15) is 25.3 Å². The first-order valence-electron chi connectivity index (χ1n) is 7.92. The molecule has 4 N–H and O–H groups in total. The predicted octanol–water partition coefficient (Wildman–Crippen LogP) is 0.0640. The minimum Gasteiger partial charge on any atom is -0.480 e. The molecule has 19 heavy (non-hydrogen) atoms. The van der Waals surface area contributed by atoms with Crippen LogP contribution < -0.4 is 11.1 Å². The number of aliphatic carboxylic acids is 1. The van der Waals surface area contributed by atoms with E-state index in [0.717, 1.165) is 0 Å². The maximum absolute atomic E-state index is 12.0. The summed E-state index contributed by atoms with van der Waals surface area (Å²) in [5.74, 6) is -2.93. The quantitative estimate of drug-likeness (QED) is 0.650. The zero-order valence-corrected chi connectivity index (χ0v) is 9.95. The highest BCUT2D eigenvalue weighted by atomic mass is 16.4. The van der Waals surface area contributed by atoms with E-state index in [0.29, 0.717) is 0 Å². The zero-order chi connectivity index (χ0) is 18.6. The van der Waals surface area contributed by atoms with Crippen molar-refractivity contribution in [3.05, 3.63) is 35.8 Å². The first kappa shape index (κ1) is 8.68. The fraction of sp³-hybridized carbons (Fsp3) is 0.308. The number of nitrogens with two attached hydrogens (primary N) is 1. The molecule has 0 aliphatic heterocycles. The fourth-order valence-electron chi connectivity index (χ4n) is 1.31. The van der Waals surface area contributed by atoms with Gasteiger partial charge in [-0.1, -0.05) is 30.2 Å². The second-order valence-corrected chi connectivity index (χ2v) is 3.74. The number of carboxylic acid groups (broad SMARTS) is 1. The van der Waals surface area contributed by atoms with E-state index in [9.17, 15) is 14.4 Å². The minimum atomic E-state index is -1.37. The topological polar surface area (TPSA) is 109 Å². The van der Waals surface area contributed by atoms with Crippen molar-refractivity contribution in [1.82, 2.24) is 5.32 Å². The average Bonchev–Trinajstić information content (AvgIpc) is 2.51. The Kier molecular flexibility index (Phi) is 3.27. The molecule has 0 saturated carbocycles. The van der Waals surface area contributed by atoms with Gasteiger partial charge in [0.1, 0.15) is 6.04 Å². The van der Waals surface area contributed by atoms with Crippen LogP contribution in [0.3, 0.4) is 0 Å². The number of carbonyl (C=O) groups excluding carboxylic acids is 2. The number of carbonyl (C=O) groups is 3. The molecule has 6 nitrogen and oxygen atoms in total. The van der Waals surface area contributed by atoms with Gasteiger partial charge in [-0.25, -0.2) is 4.79 Å². The maximum atomic E-state index is 12.0. The monoisotopic (exact) mass is 269 g/mol. The maximum Gasteiger partial charge on any atom is 0.326 e. The Labute approximate surface area is 117 Å². The van der Waals surface area contributed by atoms with E-state index >= 15 is 0 Å². The number of hydrogen-bond acceptors (Lipinski definition) is 3. The molecule has 1 aromatic rings. The summed E-state index contributed by atoms with van der Waals surface area (Å²) >= 11 is 0. The van der Waals surface area contributed by atoms with Crippen molar-refractivity contribution < 1.29 is 26.3 Å². The van der Waals surface area contributed by atoms with Gasteiger partial charge in [0.15, 0.2) is 0 Å². The molecule has 0 spiro atoms. The summed E-state index contributed by atoms with van der Waals surface area (Å²) in [6.45, 7) is 0. The summed E-state index contributed by atoms with van der Waals surface area (Å²) in [6, 6.07) is -4.17. The predicted molar refractivity (Wildman–Crippen MR) is 68.1 cm³/mol. The van der Waals surface area contributed by atoms with E-state index in [-0.39, 0.29) is 18.4 Å². The van der Waals surface area contributed by atoms with Gasteiger partial charge in [0.2, 0.25) is 11.8 Å². The van der Waals surface area contributed by atoms with Gasteiger partial charge in [0.05, 0.1) is 13.3 Å². The van der Waals surface area contributed by atoms with Gasteiger partial charge in [0, 0.05) is 6.42 Å². The number of hydrogen-bond donors (Lipinski definition) is 3. The van der Waals surface area contributed by atoms with E-state index < -0.39 is 60.5 Å². The second-order valence-electron chi connectivity index (χ2n) is 3.74. The Balaban J connectivity index is 2.95. The van der Waals surface area contributed by atoms with E-state index in [1.54, 1.807) is 0 Å². The molecule has 0 aliphatic carbocycles. The number of rotatable bonds is 7. The third-order valence-corrected chi connectivity index (χ3v) is 2.20. The summed E-state index contributed by atoms with van der Waals surface area (Å²) in [5.41, 5.74) is 4.69. The molecule has 1 aromatic carbocycles. The molecule has 0 heterocycles. The number of nitrogens with one attached hydrogen (secondary N) is 1. The Morgan fingerprint density at radius 1 is 1.32 bits per heavy atom. The lowest BCUT2D eigenvalue weighted by molar-refractivity contribution is -0.142. The van der Waals surface area contributed by atoms with Gasteiger partial charge >= 0.3 is 5.97 Å². The van der Waals surface area contributed by atoms with Crippen molar-refractivity contribution in [3.63, 3.8) is 0 Å². The lowest BCUT2D eigenvalue weighted by atomic mass is 10.1. The van der Waals surface area contributed by atoms with E-state index in [2.05, 4.69) is 5.32 Å². The van der Waals surface area contributed by atoms with Crippen LogP contribution in [0.25, 0.3) is 0 Å². The van der Waals surface area contributed by atoms with Gasteiger partial charge < -0.3 is 16.2 Å². The normalized spacial score (nSPS) is 15.3. The molecule has 0 aromatic heterocycles. The Hall–Kier alpha value is -2.37. The molecule has 0 radical (unpaired) electrons. The van der Waals surface area contributed by atoms with Crippen molar-refractivity contribution >= 4 is 17.8 Å². The molecule has 1 atom stereocenters. The van der Waals surface area contributed by atoms with Crippen LogP contribution in [-0.4, -0.2) is 28.9 Å². The first-order valence-corrected chi connectivity index (χ1v) is 5.42. The number of amides is 2. The van der Waals surface area contributed by atoms with Gasteiger partial charge in [-0.15, -0.1) is 0 Å². The van der Waals surface area contributed by atoms with Crippen molar-refractivity contribution in [1.29, 1.82) is 0 Å². The van der Waals surface area contributed by atoms with Crippen molar-refractivity contribution in [3.8, 4) is 0 Å². The summed E-state index contributed by atoms with van der Waals surface area (Å²) in [4.78, 5) is 33.7. The lowest BCUT2D eigenvalue weighted by Crippen LogP contribution is -2.42. The van der Waals surface area contributed by atoms with E-state index in [1.807, 2.05) is 0 Å². The molecule has 0 fully saturated rings. The minimum absolute atomic E-state index is 0.211. The number of carboxylic acids is 1. The third kappa shape index (κ3) is 5.67. The third-order valence-electron chi connectivity index (χ3n) is 2.20. The molecule has 0 bridgehead atoms. The Morgan fingerprint density at radius 2 is 1.95 bits per heavy atom. The summed E-state index contributed by atoms with van der Waals surface area (Å²) in [5, 5.41) is 11.2. The fourth-order valence-corrected chi connectivity index (χ4v) is 1.31.